The molecule has 1 aromatic carbocycles. The Bertz CT molecular complexity index is 378. The number of rotatable bonds is 3. The van der Waals surface area contributed by atoms with Gasteiger partial charge in [0.2, 0.25) is 0 Å². The van der Waals surface area contributed by atoms with Crippen LogP contribution in [0.5, 0.6) is 5.75 Å². The largest absolute Gasteiger partial charge is 0.493 e. The quantitative estimate of drug-likeness (QED) is 0.774. The molecule has 0 aromatic heterocycles. The van der Waals surface area contributed by atoms with E-state index in [0.29, 0.717) is 13.0 Å². The molecule has 0 saturated heterocycles. The van der Waals surface area contributed by atoms with Gasteiger partial charge >= 0.3 is 5.97 Å². The van der Waals surface area contributed by atoms with E-state index < -0.39 is 12.0 Å². The van der Waals surface area contributed by atoms with Gasteiger partial charge in [0.15, 0.2) is 0 Å². The number of hydrogen-bond acceptors (Lipinski definition) is 3. The Morgan fingerprint density at radius 2 is 2.33 bits per heavy atom. The first-order chi connectivity index (χ1) is 7.18. The van der Waals surface area contributed by atoms with Gasteiger partial charge in [0, 0.05) is 11.5 Å². The summed E-state index contributed by atoms with van der Waals surface area (Å²) in [4.78, 5) is 10.6. The van der Waals surface area contributed by atoms with E-state index in [1.54, 1.807) is 0 Å². The predicted molar refractivity (Wildman–Crippen MR) is 54.9 cm³/mol. The van der Waals surface area contributed by atoms with E-state index in [1.807, 2.05) is 24.3 Å². The van der Waals surface area contributed by atoms with Crippen molar-refractivity contribution in [3.8, 4) is 5.75 Å². The summed E-state index contributed by atoms with van der Waals surface area (Å²) in [5, 5.41) is 8.72. The molecule has 0 spiro atoms. The van der Waals surface area contributed by atoms with E-state index in [-0.39, 0.29) is 5.92 Å². The second kappa shape index (κ2) is 3.90. The number of para-hydroxylation sites is 1. The summed E-state index contributed by atoms with van der Waals surface area (Å²) in [7, 11) is 0. The molecule has 1 aliphatic heterocycles. The van der Waals surface area contributed by atoms with Gasteiger partial charge in [-0.3, -0.25) is 4.79 Å². The molecule has 1 unspecified atom stereocenters. The minimum atomic E-state index is -0.959. The minimum Gasteiger partial charge on any atom is -0.493 e. The maximum absolute atomic E-state index is 10.6. The van der Waals surface area contributed by atoms with Crippen LogP contribution in [-0.2, 0) is 4.79 Å². The van der Waals surface area contributed by atoms with E-state index in [2.05, 4.69) is 0 Å². The summed E-state index contributed by atoms with van der Waals surface area (Å²) in [6.07, 6.45) is 0.423. The number of carboxylic acid groups (broad SMARTS) is 1. The van der Waals surface area contributed by atoms with Crippen molar-refractivity contribution < 1.29 is 14.6 Å². The molecule has 2 rings (SSSR count). The molecule has 0 fully saturated rings. The molecular weight excluding hydrogens is 194 g/mol. The molecule has 4 nitrogen and oxygen atoms in total. The molecule has 3 N–H and O–H groups in total. The van der Waals surface area contributed by atoms with E-state index in [1.165, 1.54) is 0 Å². The number of fused-ring (bicyclic) bond motifs is 1. The van der Waals surface area contributed by atoms with Crippen LogP contribution < -0.4 is 10.5 Å². The first kappa shape index (κ1) is 9.98. The van der Waals surface area contributed by atoms with Crippen molar-refractivity contribution in [1.29, 1.82) is 0 Å². The summed E-state index contributed by atoms with van der Waals surface area (Å²) in [6, 6.07) is 6.86. The average molecular weight is 207 g/mol. The molecule has 4 heteroatoms. The Balaban J connectivity index is 2.11. The van der Waals surface area contributed by atoms with Crippen LogP contribution in [0.4, 0.5) is 0 Å². The SMILES string of the molecule is N[C@H](CC1COc2ccccc21)C(=O)O. The van der Waals surface area contributed by atoms with Crippen LogP contribution in [0.25, 0.3) is 0 Å². The molecule has 1 aromatic rings. The molecule has 1 aliphatic rings. The van der Waals surface area contributed by atoms with E-state index in [9.17, 15) is 4.79 Å². The summed E-state index contributed by atoms with van der Waals surface area (Å²) in [5.41, 5.74) is 6.56. The Kier molecular flexibility index (Phi) is 2.60. The normalized spacial score (nSPS) is 20.5. The van der Waals surface area contributed by atoms with Gasteiger partial charge in [0.05, 0.1) is 6.61 Å². The highest BCUT2D eigenvalue weighted by Gasteiger charge is 2.27. The molecule has 0 radical (unpaired) electrons. The van der Waals surface area contributed by atoms with Gasteiger partial charge in [0.25, 0.3) is 0 Å². The van der Waals surface area contributed by atoms with Crippen molar-refractivity contribution in [2.45, 2.75) is 18.4 Å². The maximum Gasteiger partial charge on any atom is 0.320 e. The molecule has 0 saturated carbocycles. The van der Waals surface area contributed by atoms with Gasteiger partial charge in [-0.15, -0.1) is 0 Å². The standard InChI is InChI=1S/C11H13NO3/c12-9(11(13)14)5-7-6-15-10-4-2-1-3-8(7)10/h1-4,7,9H,5-6,12H2,(H,13,14)/t7?,9-/m1/s1. The highest BCUT2D eigenvalue weighted by atomic mass is 16.5. The molecule has 0 aliphatic carbocycles. The van der Waals surface area contributed by atoms with Crippen LogP contribution in [0.1, 0.15) is 17.9 Å². The summed E-state index contributed by atoms with van der Waals surface area (Å²) >= 11 is 0. The molecule has 0 bridgehead atoms. The number of benzene rings is 1. The number of aliphatic carboxylic acids is 1. The second-order valence-corrected chi connectivity index (χ2v) is 3.73. The molecular formula is C11H13NO3. The van der Waals surface area contributed by atoms with Gasteiger partial charge in [-0.2, -0.15) is 0 Å². The van der Waals surface area contributed by atoms with Gasteiger partial charge in [-0.1, -0.05) is 18.2 Å². The number of carboxylic acids is 1. The summed E-state index contributed by atoms with van der Waals surface area (Å²) in [6.45, 7) is 0.528. The highest BCUT2D eigenvalue weighted by Crippen LogP contribution is 2.35. The lowest BCUT2D eigenvalue weighted by atomic mass is 9.94. The van der Waals surface area contributed by atoms with Crippen molar-refractivity contribution in [1.82, 2.24) is 0 Å². The van der Waals surface area contributed by atoms with Gasteiger partial charge in [-0.05, 0) is 12.5 Å². The number of hydrogen-bond donors (Lipinski definition) is 2. The van der Waals surface area contributed by atoms with Crippen LogP contribution in [0, 0.1) is 0 Å². The third-order valence-corrected chi connectivity index (χ3v) is 2.65. The molecule has 2 atom stereocenters. The lowest BCUT2D eigenvalue weighted by Gasteiger charge is -2.11. The first-order valence-electron chi connectivity index (χ1n) is 4.88. The molecule has 0 amide bonds. The van der Waals surface area contributed by atoms with Crippen LogP contribution in [0.2, 0.25) is 0 Å². The molecule has 80 valence electrons. The number of carbonyl (C=O) groups is 1. The minimum absolute atomic E-state index is 0.104. The first-order valence-corrected chi connectivity index (χ1v) is 4.88. The third kappa shape index (κ3) is 1.94. The van der Waals surface area contributed by atoms with Crippen LogP contribution in [-0.4, -0.2) is 23.7 Å². The average Bonchev–Trinajstić information content (AvgIpc) is 2.62. The zero-order valence-corrected chi connectivity index (χ0v) is 8.22. The van der Waals surface area contributed by atoms with Gasteiger partial charge in [-0.25, -0.2) is 0 Å². The van der Waals surface area contributed by atoms with Crippen LogP contribution >= 0.6 is 0 Å². The number of ether oxygens (including phenoxy) is 1. The van der Waals surface area contributed by atoms with Crippen LogP contribution in [0.3, 0.4) is 0 Å². The maximum atomic E-state index is 10.6. The Morgan fingerprint density at radius 3 is 3.07 bits per heavy atom. The van der Waals surface area contributed by atoms with Crippen molar-refractivity contribution in [3.05, 3.63) is 29.8 Å². The summed E-state index contributed by atoms with van der Waals surface area (Å²) in [5.74, 6) is -0.00762. The lowest BCUT2D eigenvalue weighted by Crippen LogP contribution is -2.32. The Morgan fingerprint density at radius 1 is 1.60 bits per heavy atom. The van der Waals surface area contributed by atoms with Gasteiger partial charge in [0.1, 0.15) is 11.8 Å². The van der Waals surface area contributed by atoms with Crippen LogP contribution in [0.15, 0.2) is 24.3 Å². The monoisotopic (exact) mass is 207 g/mol. The molecule has 1 heterocycles. The zero-order valence-electron chi connectivity index (χ0n) is 8.22. The zero-order chi connectivity index (χ0) is 10.8. The number of nitrogens with two attached hydrogens (primary N) is 1. The fraction of sp³-hybridized carbons (Fsp3) is 0.364. The van der Waals surface area contributed by atoms with Crippen molar-refractivity contribution >= 4 is 5.97 Å². The Hall–Kier alpha value is -1.55. The smallest absolute Gasteiger partial charge is 0.320 e. The third-order valence-electron chi connectivity index (χ3n) is 2.65. The van der Waals surface area contributed by atoms with Crippen molar-refractivity contribution in [2.75, 3.05) is 6.61 Å². The predicted octanol–water partition coefficient (Wildman–Crippen LogP) is 0.965. The topological polar surface area (TPSA) is 72.5 Å². The van der Waals surface area contributed by atoms with E-state index in [4.69, 9.17) is 15.6 Å². The highest BCUT2D eigenvalue weighted by molar-refractivity contribution is 5.73. The fourth-order valence-electron chi connectivity index (χ4n) is 1.83. The van der Waals surface area contributed by atoms with E-state index >= 15 is 0 Å². The fourth-order valence-corrected chi connectivity index (χ4v) is 1.83. The van der Waals surface area contributed by atoms with Gasteiger partial charge < -0.3 is 15.6 Å². The second-order valence-electron chi connectivity index (χ2n) is 3.73. The Labute approximate surface area is 87.7 Å². The van der Waals surface area contributed by atoms with E-state index in [0.717, 1.165) is 11.3 Å². The lowest BCUT2D eigenvalue weighted by molar-refractivity contribution is -0.138. The van der Waals surface area contributed by atoms with Crippen molar-refractivity contribution in [2.24, 2.45) is 5.73 Å². The summed E-state index contributed by atoms with van der Waals surface area (Å²) < 4.78 is 5.44. The molecule has 15 heavy (non-hydrogen) atoms. The van der Waals surface area contributed by atoms with Crippen molar-refractivity contribution in [3.63, 3.8) is 0 Å².